The van der Waals surface area contributed by atoms with Crippen LogP contribution in [0.1, 0.15) is 47.4 Å². The predicted octanol–water partition coefficient (Wildman–Crippen LogP) is 9.56. The SMILES string of the molecule is CCOC(=O)CC(=O)Oc1c(-c2[nH]c3ccc(-c4ccc5c(OC(=O)c6ccncc6)c(-c6[nH]c7ccccc7c6OC(=O)c6ccncc6)[nH]c5c4)cc3c2OC(=O)CC(=O)OCC)[nH]c2ccccc12. The van der Waals surface area contributed by atoms with E-state index in [0.717, 1.165) is 0 Å². The Bertz CT molecular complexity index is 3760. The Morgan fingerprint density at radius 3 is 1.28 bits per heavy atom. The number of esters is 6. The molecule has 358 valence electrons. The molecule has 0 aliphatic heterocycles. The van der Waals surface area contributed by atoms with E-state index < -0.39 is 48.7 Å². The highest BCUT2D eigenvalue weighted by Gasteiger charge is 2.29. The number of pyridine rings is 2. The van der Waals surface area contributed by atoms with Crippen molar-refractivity contribution in [2.75, 3.05) is 13.2 Å². The van der Waals surface area contributed by atoms with E-state index in [-0.39, 0.29) is 58.7 Å². The van der Waals surface area contributed by atoms with Gasteiger partial charge in [0.25, 0.3) is 0 Å². The van der Waals surface area contributed by atoms with Crippen molar-refractivity contribution in [3.05, 3.63) is 145 Å². The van der Waals surface area contributed by atoms with Gasteiger partial charge in [-0.15, -0.1) is 0 Å². The van der Waals surface area contributed by atoms with Crippen LogP contribution in [-0.2, 0) is 28.7 Å². The number of carbonyl (C=O) groups is 6. The fourth-order valence-corrected chi connectivity index (χ4v) is 8.30. The normalized spacial score (nSPS) is 11.2. The van der Waals surface area contributed by atoms with Crippen molar-refractivity contribution in [2.24, 2.45) is 0 Å². The average molecular weight is 965 g/mol. The molecular weight excluding hydrogens is 925 g/mol. The number of aromatic amines is 4. The minimum atomic E-state index is -0.921. The first-order valence-corrected chi connectivity index (χ1v) is 22.6. The number of hydrogen-bond acceptors (Lipinski definition) is 14. The Hall–Kier alpha value is -9.84. The smallest absolute Gasteiger partial charge is 0.343 e. The molecule has 0 amide bonds. The molecule has 0 atom stereocenters. The summed E-state index contributed by atoms with van der Waals surface area (Å²) in [6, 6.07) is 31.2. The van der Waals surface area contributed by atoms with Crippen LogP contribution in [0.25, 0.3) is 77.5 Å². The molecule has 4 N–H and O–H groups in total. The molecule has 10 aromatic rings. The topological polar surface area (TPSA) is 247 Å². The third-order valence-electron chi connectivity index (χ3n) is 11.5. The van der Waals surface area contributed by atoms with Crippen molar-refractivity contribution >= 4 is 79.4 Å². The van der Waals surface area contributed by atoms with Gasteiger partial charge in [0.2, 0.25) is 0 Å². The van der Waals surface area contributed by atoms with Gasteiger partial charge >= 0.3 is 35.8 Å². The molecule has 0 aliphatic rings. The van der Waals surface area contributed by atoms with E-state index in [9.17, 15) is 28.8 Å². The molecule has 18 nitrogen and oxygen atoms in total. The van der Waals surface area contributed by atoms with Gasteiger partial charge in [0.05, 0.1) is 29.9 Å². The van der Waals surface area contributed by atoms with E-state index in [1.165, 1.54) is 49.1 Å². The number of nitrogens with one attached hydrogen (secondary N) is 4. The minimum Gasteiger partial charge on any atom is -0.466 e. The highest BCUT2D eigenvalue weighted by Crippen LogP contribution is 2.47. The molecule has 0 unspecified atom stereocenters. The molecule has 0 fully saturated rings. The number of ether oxygens (including phenoxy) is 6. The Balaban J connectivity index is 1.10. The Labute approximate surface area is 407 Å². The van der Waals surface area contributed by atoms with Crippen LogP contribution in [0, 0.1) is 0 Å². The van der Waals surface area contributed by atoms with Gasteiger partial charge in [0.15, 0.2) is 23.0 Å². The first kappa shape index (κ1) is 45.9. The molecule has 0 aliphatic carbocycles. The highest BCUT2D eigenvalue weighted by atomic mass is 16.6. The fourth-order valence-electron chi connectivity index (χ4n) is 8.30. The maximum absolute atomic E-state index is 13.8. The zero-order chi connectivity index (χ0) is 49.9. The number of hydrogen-bond donors (Lipinski definition) is 4. The molecular formula is C54H40N6O12. The van der Waals surface area contributed by atoms with E-state index in [2.05, 4.69) is 29.9 Å². The number of rotatable bonds is 15. The molecule has 0 saturated heterocycles. The van der Waals surface area contributed by atoms with Gasteiger partial charge in [-0.25, -0.2) is 9.59 Å². The number of nitrogens with zero attached hydrogens (tertiary/aromatic N) is 2. The summed E-state index contributed by atoms with van der Waals surface area (Å²) in [4.78, 5) is 100. The number of benzene rings is 4. The second-order valence-corrected chi connectivity index (χ2v) is 16.1. The lowest BCUT2D eigenvalue weighted by molar-refractivity contribution is -0.151. The molecule has 0 saturated carbocycles. The van der Waals surface area contributed by atoms with Gasteiger partial charge in [-0.3, -0.25) is 29.1 Å². The van der Waals surface area contributed by atoms with Crippen LogP contribution >= 0.6 is 0 Å². The summed E-state index contributed by atoms with van der Waals surface area (Å²) in [5.74, 6) is -4.29. The van der Waals surface area contributed by atoms with E-state index in [4.69, 9.17) is 28.4 Å². The predicted molar refractivity (Wildman–Crippen MR) is 262 cm³/mol. The van der Waals surface area contributed by atoms with Crippen molar-refractivity contribution in [1.82, 2.24) is 29.9 Å². The Morgan fingerprint density at radius 2 is 0.792 bits per heavy atom. The van der Waals surface area contributed by atoms with Crippen LogP contribution in [-0.4, -0.2) is 78.9 Å². The first-order chi connectivity index (χ1) is 35.1. The summed E-state index contributed by atoms with van der Waals surface area (Å²) in [6.07, 6.45) is 4.57. The molecule has 4 aromatic carbocycles. The number of fused-ring (bicyclic) bond motifs is 4. The number of aromatic nitrogens is 6. The molecule has 0 radical (unpaired) electrons. The molecule has 18 heteroatoms. The van der Waals surface area contributed by atoms with Crippen molar-refractivity contribution in [2.45, 2.75) is 26.7 Å². The van der Waals surface area contributed by atoms with Crippen LogP contribution in [0.2, 0.25) is 0 Å². The third kappa shape index (κ3) is 9.09. The summed E-state index contributed by atoms with van der Waals surface area (Å²) in [6.45, 7) is 3.36. The van der Waals surface area contributed by atoms with Crippen LogP contribution in [0.3, 0.4) is 0 Å². The highest BCUT2D eigenvalue weighted by molar-refractivity contribution is 6.07. The second kappa shape index (κ2) is 19.6. The van der Waals surface area contributed by atoms with E-state index in [1.807, 2.05) is 36.4 Å². The molecule has 72 heavy (non-hydrogen) atoms. The molecule has 10 rings (SSSR count). The Kier molecular flexibility index (Phi) is 12.5. The second-order valence-electron chi connectivity index (χ2n) is 16.1. The third-order valence-corrected chi connectivity index (χ3v) is 11.5. The van der Waals surface area contributed by atoms with Crippen LogP contribution in [0.4, 0.5) is 0 Å². The lowest BCUT2D eigenvalue weighted by Gasteiger charge is -2.09. The number of para-hydroxylation sites is 2. The van der Waals surface area contributed by atoms with Crippen molar-refractivity contribution in [1.29, 1.82) is 0 Å². The van der Waals surface area contributed by atoms with E-state index in [0.29, 0.717) is 66.1 Å². The summed E-state index contributed by atoms with van der Waals surface area (Å²) >= 11 is 0. The van der Waals surface area contributed by atoms with Crippen molar-refractivity contribution in [3.63, 3.8) is 0 Å². The van der Waals surface area contributed by atoms with Gasteiger partial charge < -0.3 is 48.4 Å². The minimum absolute atomic E-state index is 0.00315. The standard InChI is InChI=1S/C54H40N6O12/c1-3-67-41(61)27-43(63)69-49-33-9-5-7-11-37(33)57-45(49)48-52(70-44(64)28-42(62)68-4-2)36-25-31(14-16-39(36)59-48)32-13-15-35-40(26-32)60-47(51(35)72-54(66)30-19-23-56-24-20-30)46-50(34-10-6-8-12-38(34)58-46)71-53(65)29-17-21-55-22-18-29/h5-26,57-60H,3-4,27-28H2,1-2H3. The zero-order valence-electron chi connectivity index (χ0n) is 38.3. The van der Waals surface area contributed by atoms with Crippen LogP contribution < -0.4 is 18.9 Å². The molecule has 0 bridgehead atoms. The lowest BCUT2D eigenvalue weighted by atomic mass is 10.0. The van der Waals surface area contributed by atoms with E-state index in [1.54, 1.807) is 62.4 Å². The zero-order valence-corrected chi connectivity index (χ0v) is 38.3. The van der Waals surface area contributed by atoms with Gasteiger partial charge in [0.1, 0.15) is 35.6 Å². The van der Waals surface area contributed by atoms with Gasteiger partial charge in [0, 0.05) is 62.9 Å². The van der Waals surface area contributed by atoms with Crippen molar-refractivity contribution < 1.29 is 57.2 Å². The van der Waals surface area contributed by atoms with E-state index >= 15 is 0 Å². The molecule has 6 heterocycles. The van der Waals surface area contributed by atoms with Crippen molar-refractivity contribution in [3.8, 4) is 56.9 Å². The summed E-state index contributed by atoms with van der Waals surface area (Å²) < 4.78 is 34.2. The number of H-pyrrole nitrogens is 4. The monoisotopic (exact) mass is 964 g/mol. The van der Waals surface area contributed by atoms with Crippen LogP contribution in [0.15, 0.2) is 134 Å². The molecule has 0 spiro atoms. The Morgan fingerprint density at radius 1 is 0.403 bits per heavy atom. The van der Waals surface area contributed by atoms with Gasteiger partial charge in [-0.05, 0) is 97.8 Å². The largest absolute Gasteiger partial charge is 0.466 e. The first-order valence-electron chi connectivity index (χ1n) is 22.6. The maximum atomic E-state index is 13.8. The summed E-state index contributed by atoms with van der Waals surface area (Å²) in [7, 11) is 0. The van der Waals surface area contributed by atoms with Crippen LogP contribution in [0.5, 0.6) is 23.0 Å². The summed E-state index contributed by atoms with van der Waals surface area (Å²) in [5.41, 5.74) is 5.07. The summed E-state index contributed by atoms with van der Waals surface area (Å²) in [5, 5.41) is 1.99. The van der Waals surface area contributed by atoms with Gasteiger partial charge in [-0.2, -0.15) is 0 Å². The molecule has 6 aromatic heterocycles. The maximum Gasteiger partial charge on any atom is 0.343 e. The van der Waals surface area contributed by atoms with Gasteiger partial charge in [-0.1, -0.05) is 36.4 Å². The number of carbonyl (C=O) groups excluding carboxylic acids is 6. The quantitative estimate of drug-likeness (QED) is 0.0552. The average Bonchev–Trinajstić information content (AvgIpc) is 4.14. The fraction of sp³-hybridized carbons (Fsp3) is 0.111. The lowest BCUT2D eigenvalue weighted by Crippen LogP contribution is -2.17.